The Labute approximate surface area is 75.9 Å². The van der Waals surface area contributed by atoms with E-state index >= 15 is 0 Å². The number of aliphatic imine (C=N–C) groups is 2. The van der Waals surface area contributed by atoms with E-state index in [4.69, 9.17) is 0 Å². The van der Waals surface area contributed by atoms with Gasteiger partial charge in [0, 0.05) is 16.8 Å². The zero-order chi connectivity index (χ0) is 7.07. The van der Waals surface area contributed by atoms with E-state index < -0.39 is 0 Å². The first-order chi connectivity index (χ1) is 5.00. The minimum atomic E-state index is 0. The van der Waals surface area contributed by atoms with Crippen molar-refractivity contribution in [2.45, 2.75) is 0 Å². The van der Waals surface area contributed by atoms with Crippen molar-refractivity contribution in [2.75, 3.05) is 26.3 Å². The molecule has 0 saturated carbocycles. The topological polar surface area (TPSA) is 43.2 Å². The van der Waals surface area contributed by atoms with Crippen LogP contribution in [0.4, 0.5) is 0 Å². The van der Waals surface area contributed by atoms with Crippen LogP contribution in [-0.2, 0) is 26.3 Å². The molecule has 0 aromatic rings. The van der Waals surface area contributed by atoms with Crippen LogP contribution in [-0.4, -0.2) is 39.1 Å². The Morgan fingerprint density at radius 3 is 1.45 bits per heavy atom. The third kappa shape index (κ3) is 5.87. The van der Waals surface area contributed by atoms with Crippen LogP contribution < -0.4 is 0 Å². The van der Waals surface area contributed by atoms with Crippen molar-refractivity contribution in [3.8, 4) is 0 Å². The maximum Gasteiger partial charge on any atom is 0.169 e. The number of ether oxygens (including phenoxy) is 2. The second kappa shape index (κ2) is 7.55. The van der Waals surface area contributed by atoms with Crippen LogP contribution in [0.5, 0.6) is 0 Å². The van der Waals surface area contributed by atoms with Crippen molar-refractivity contribution in [3.05, 3.63) is 0 Å². The smallest absolute Gasteiger partial charge is 0.169 e. The summed E-state index contributed by atoms with van der Waals surface area (Å²) in [6.45, 7) is 3.25. The molecule has 11 heavy (non-hydrogen) atoms. The van der Waals surface area contributed by atoms with Gasteiger partial charge in [-0.2, -0.15) is 0 Å². The number of hydrogen-bond donors (Lipinski definition) is 0. The Balaban J connectivity index is 0.000000167. The predicted molar refractivity (Wildman–Crippen MR) is 38.6 cm³/mol. The van der Waals surface area contributed by atoms with E-state index in [9.17, 15) is 0 Å². The normalized spacial score (nSPS) is 17.5. The van der Waals surface area contributed by atoms with Crippen LogP contribution in [0.25, 0.3) is 0 Å². The van der Waals surface area contributed by atoms with Crippen LogP contribution in [0.3, 0.4) is 0 Å². The van der Waals surface area contributed by atoms with Gasteiger partial charge < -0.3 is 9.47 Å². The molecule has 2 heterocycles. The molecule has 1 radical (unpaired) electrons. The SMILES string of the molecule is C1=NCCO1.C1=NCCO1.[Co]. The molecule has 65 valence electrons. The van der Waals surface area contributed by atoms with E-state index in [1.54, 1.807) is 0 Å². The summed E-state index contributed by atoms with van der Waals surface area (Å²) >= 11 is 0. The van der Waals surface area contributed by atoms with E-state index in [2.05, 4.69) is 19.5 Å². The van der Waals surface area contributed by atoms with Crippen molar-refractivity contribution >= 4 is 12.8 Å². The van der Waals surface area contributed by atoms with Gasteiger partial charge >= 0.3 is 0 Å². The van der Waals surface area contributed by atoms with Gasteiger partial charge in [-0.15, -0.1) is 0 Å². The Morgan fingerprint density at radius 1 is 0.909 bits per heavy atom. The third-order valence-electron chi connectivity index (χ3n) is 0.975. The van der Waals surface area contributed by atoms with Gasteiger partial charge in [0.1, 0.15) is 13.2 Å². The molecule has 4 nitrogen and oxygen atoms in total. The fraction of sp³-hybridized carbons (Fsp3) is 0.667. The quantitative estimate of drug-likeness (QED) is 0.557. The van der Waals surface area contributed by atoms with Gasteiger partial charge in [0.05, 0.1) is 13.1 Å². The van der Waals surface area contributed by atoms with E-state index in [1.165, 1.54) is 12.8 Å². The molecular formula is C6H10CoN2O2. The molecule has 0 N–H and O–H groups in total. The molecule has 2 rings (SSSR count). The zero-order valence-corrected chi connectivity index (χ0v) is 7.07. The predicted octanol–water partition coefficient (Wildman–Crippen LogP) is 0.0873. The number of nitrogens with zero attached hydrogens (tertiary/aromatic N) is 2. The average molecular weight is 201 g/mol. The molecule has 0 bridgehead atoms. The fourth-order valence-corrected chi connectivity index (χ4v) is 0.527. The first-order valence-electron chi connectivity index (χ1n) is 3.20. The summed E-state index contributed by atoms with van der Waals surface area (Å²) in [6, 6.07) is 0. The van der Waals surface area contributed by atoms with Crippen molar-refractivity contribution < 1.29 is 26.3 Å². The van der Waals surface area contributed by atoms with Crippen LogP contribution in [0.15, 0.2) is 9.98 Å². The molecule has 2 aliphatic heterocycles. The van der Waals surface area contributed by atoms with Gasteiger partial charge in [-0.1, -0.05) is 0 Å². The minimum Gasteiger partial charge on any atom is -0.482 e. The van der Waals surface area contributed by atoms with E-state index in [0.717, 1.165) is 26.3 Å². The Kier molecular flexibility index (Phi) is 7.17. The van der Waals surface area contributed by atoms with Gasteiger partial charge in [-0.25, -0.2) is 0 Å². The van der Waals surface area contributed by atoms with Crippen molar-refractivity contribution in [1.29, 1.82) is 0 Å². The average Bonchev–Trinajstić information content (AvgIpc) is 2.67. The van der Waals surface area contributed by atoms with Gasteiger partial charge in [0.15, 0.2) is 12.8 Å². The number of hydrogen-bond acceptors (Lipinski definition) is 4. The van der Waals surface area contributed by atoms with Gasteiger partial charge in [0.25, 0.3) is 0 Å². The van der Waals surface area contributed by atoms with Crippen LogP contribution in [0.2, 0.25) is 0 Å². The summed E-state index contributed by atoms with van der Waals surface area (Å²) in [5.41, 5.74) is 0. The molecule has 5 heteroatoms. The monoisotopic (exact) mass is 201 g/mol. The van der Waals surface area contributed by atoms with E-state index in [0.29, 0.717) is 0 Å². The van der Waals surface area contributed by atoms with Gasteiger partial charge in [0.2, 0.25) is 0 Å². The van der Waals surface area contributed by atoms with E-state index in [1.807, 2.05) is 0 Å². The molecule has 0 fully saturated rings. The largest absolute Gasteiger partial charge is 0.482 e. The molecular weight excluding hydrogens is 191 g/mol. The Hall–Kier alpha value is -0.554. The summed E-state index contributed by atoms with van der Waals surface area (Å²) in [5, 5.41) is 0. The molecule has 0 spiro atoms. The van der Waals surface area contributed by atoms with Crippen molar-refractivity contribution in [3.63, 3.8) is 0 Å². The summed E-state index contributed by atoms with van der Waals surface area (Å²) in [4.78, 5) is 7.47. The van der Waals surface area contributed by atoms with Gasteiger partial charge in [-0.3, -0.25) is 9.98 Å². The second-order valence-electron chi connectivity index (χ2n) is 1.76. The zero-order valence-electron chi connectivity index (χ0n) is 6.03. The molecule has 0 saturated heterocycles. The van der Waals surface area contributed by atoms with Crippen molar-refractivity contribution in [2.24, 2.45) is 9.98 Å². The Morgan fingerprint density at radius 2 is 1.36 bits per heavy atom. The van der Waals surface area contributed by atoms with Crippen LogP contribution >= 0.6 is 0 Å². The van der Waals surface area contributed by atoms with Crippen LogP contribution in [0, 0.1) is 0 Å². The van der Waals surface area contributed by atoms with E-state index in [-0.39, 0.29) is 16.8 Å². The molecule has 0 atom stereocenters. The molecule has 2 aliphatic rings. The molecule has 0 aromatic carbocycles. The maximum atomic E-state index is 4.65. The second-order valence-corrected chi connectivity index (χ2v) is 1.76. The summed E-state index contributed by atoms with van der Waals surface area (Å²) in [6.07, 6.45) is 2.97. The fourth-order valence-electron chi connectivity index (χ4n) is 0.527. The molecule has 0 unspecified atom stereocenters. The summed E-state index contributed by atoms with van der Waals surface area (Å²) in [7, 11) is 0. The molecule has 0 amide bonds. The minimum absolute atomic E-state index is 0. The number of rotatable bonds is 0. The standard InChI is InChI=1S/2C3H5NO.Co/c2*1-2-5-3-4-1;/h2*3H,1-2H2;. The molecule has 0 aliphatic carbocycles. The third-order valence-corrected chi connectivity index (χ3v) is 0.975. The maximum absolute atomic E-state index is 4.65. The first kappa shape index (κ1) is 10.4. The van der Waals surface area contributed by atoms with Crippen molar-refractivity contribution in [1.82, 2.24) is 0 Å². The Bertz CT molecular complexity index is 111. The van der Waals surface area contributed by atoms with Crippen LogP contribution in [0.1, 0.15) is 0 Å². The van der Waals surface area contributed by atoms with Gasteiger partial charge in [-0.05, 0) is 0 Å². The molecule has 0 aromatic heterocycles. The first-order valence-corrected chi connectivity index (χ1v) is 3.20. The summed E-state index contributed by atoms with van der Waals surface area (Å²) < 4.78 is 9.31. The summed E-state index contributed by atoms with van der Waals surface area (Å²) in [5.74, 6) is 0.